The molecule has 0 bridgehead atoms. The van der Waals surface area contributed by atoms with Crippen LogP contribution in [0.4, 0.5) is 0 Å². The SMILES string of the molecule is CCCCCCO[Si](CCC)(CC(C)CC)OC. The maximum Gasteiger partial charge on any atom is 0.338 e. The van der Waals surface area contributed by atoms with Gasteiger partial charge in [0.15, 0.2) is 0 Å². The molecule has 0 radical (unpaired) electrons. The molecule has 0 rings (SSSR count). The lowest BCUT2D eigenvalue weighted by Crippen LogP contribution is -2.42. The van der Waals surface area contributed by atoms with Crippen molar-refractivity contribution in [2.24, 2.45) is 5.92 Å². The van der Waals surface area contributed by atoms with Gasteiger partial charge in [-0.25, -0.2) is 0 Å². The molecular formula is C15H34O2Si. The van der Waals surface area contributed by atoms with E-state index in [4.69, 9.17) is 8.85 Å². The topological polar surface area (TPSA) is 18.5 Å². The smallest absolute Gasteiger partial charge is 0.338 e. The first-order chi connectivity index (χ1) is 8.64. The second-order valence-corrected chi connectivity index (χ2v) is 8.92. The van der Waals surface area contributed by atoms with Crippen molar-refractivity contribution in [3.05, 3.63) is 0 Å². The first-order valence-electron chi connectivity index (χ1n) is 7.83. The maximum atomic E-state index is 6.26. The molecule has 0 aliphatic rings. The number of rotatable bonds is 12. The highest BCUT2D eigenvalue weighted by Crippen LogP contribution is 2.26. The predicted molar refractivity (Wildman–Crippen MR) is 82.2 cm³/mol. The van der Waals surface area contributed by atoms with Gasteiger partial charge < -0.3 is 8.85 Å². The Morgan fingerprint density at radius 1 is 1.00 bits per heavy atom. The Morgan fingerprint density at radius 2 is 1.72 bits per heavy atom. The summed E-state index contributed by atoms with van der Waals surface area (Å²) >= 11 is 0. The lowest BCUT2D eigenvalue weighted by molar-refractivity contribution is 0.188. The van der Waals surface area contributed by atoms with E-state index in [-0.39, 0.29) is 0 Å². The van der Waals surface area contributed by atoms with Crippen LogP contribution in [0.1, 0.15) is 66.2 Å². The Kier molecular flexibility index (Phi) is 11.1. The van der Waals surface area contributed by atoms with E-state index < -0.39 is 8.56 Å². The van der Waals surface area contributed by atoms with Crippen LogP contribution in [0, 0.1) is 5.92 Å². The third-order valence-corrected chi connectivity index (χ3v) is 7.78. The molecule has 0 amide bonds. The zero-order valence-corrected chi connectivity index (χ0v) is 14.3. The molecule has 2 atom stereocenters. The highest BCUT2D eigenvalue weighted by Gasteiger charge is 2.36. The van der Waals surface area contributed by atoms with E-state index in [2.05, 4.69) is 27.7 Å². The summed E-state index contributed by atoms with van der Waals surface area (Å²) in [6.07, 6.45) is 7.49. The van der Waals surface area contributed by atoms with Crippen molar-refractivity contribution < 1.29 is 8.85 Å². The number of hydrogen-bond donors (Lipinski definition) is 0. The van der Waals surface area contributed by atoms with Gasteiger partial charge in [0.05, 0.1) is 0 Å². The lowest BCUT2D eigenvalue weighted by Gasteiger charge is -2.31. The molecule has 0 fully saturated rings. The van der Waals surface area contributed by atoms with Gasteiger partial charge >= 0.3 is 8.56 Å². The van der Waals surface area contributed by atoms with E-state index in [1.54, 1.807) is 0 Å². The second kappa shape index (κ2) is 11.0. The normalized spacial score (nSPS) is 16.5. The molecule has 2 nitrogen and oxygen atoms in total. The first kappa shape index (κ1) is 18.1. The van der Waals surface area contributed by atoms with E-state index in [9.17, 15) is 0 Å². The predicted octanol–water partition coefficient (Wildman–Crippen LogP) is 5.13. The van der Waals surface area contributed by atoms with Gasteiger partial charge in [-0.1, -0.05) is 59.8 Å². The minimum atomic E-state index is -1.91. The quantitative estimate of drug-likeness (QED) is 0.363. The summed E-state index contributed by atoms with van der Waals surface area (Å²) in [6, 6.07) is 2.29. The van der Waals surface area contributed by atoms with E-state index in [1.807, 2.05) is 7.11 Å². The lowest BCUT2D eigenvalue weighted by atomic mass is 10.2. The second-order valence-electron chi connectivity index (χ2n) is 5.49. The summed E-state index contributed by atoms with van der Waals surface area (Å²) in [5.74, 6) is 0.721. The number of hydrogen-bond acceptors (Lipinski definition) is 2. The van der Waals surface area contributed by atoms with Crippen LogP contribution in [0.3, 0.4) is 0 Å². The van der Waals surface area contributed by atoms with Gasteiger partial charge in [-0.2, -0.15) is 0 Å². The molecular weight excluding hydrogens is 240 g/mol. The van der Waals surface area contributed by atoms with Crippen molar-refractivity contribution in [2.45, 2.75) is 78.3 Å². The molecule has 0 aliphatic heterocycles. The van der Waals surface area contributed by atoms with E-state index in [1.165, 1.54) is 38.5 Å². The van der Waals surface area contributed by atoms with Crippen LogP contribution in [-0.4, -0.2) is 22.3 Å². The molecule has 0 saturated heterocycles. The molecule has 0 saturated carbocycles. The molecule has 0 heterocycles. The molecule has 0 aromatic heterocycles. The summed E-state index contributed by atoms with van der Waals surface area (Å²) in [7, 11) is -0.0563. The van der Waals surface area contributed by atoms with Gasteiger partial charge in [-0.3, -0.25) is 0 Å². The summed E-state index contributed by atoms with van der Waals surface area (Å²) in [5, 5.41) is 0. The largest absolute Gasteiger partial charge is 0.398 e. The highest BCUT2D eigenvalue weighted by molar-refractivity contribution is 6.67. The maximum absolute atomic E-state index is 6.26. The van der Waals surface area contributed by atoms with Crippen LogP contribution >= 0.6 is 0 Å². The van der Waals surface area contributed by atoms with Crippen LogP contribution in [0.15, 0.2) is 0 Å². The van der Waals surface area contributed by atoms with Gasteiger partial charge in [0.2, 0.25) is 0 Å². The van der Waals surface area contributed by atoms with Crippen LogP contribution in [0.2, 0.25) is 12.1 Å². The third-order valence-electron chi connectivity index (χ3n) is 3.72. The molecule has 0 aliphatic carbocycles. The molecule has 3 heteroatoms. The summed E-state index contributed by atoms with van der Waals surface area (Å²) in [4.78, 5) is 0. The van der Waals surface area contributed by atoms with Crippen molar-refractivity contribution in [1.82, 2.24) is 0 Å². The third kappa shape index (κ3) is 7.55. The minimum absolute atomic E-state index is 0.721. The zero-order valence-electron chi connectivity index (χ0n) is 13.3. The fourth-order valence-corrected chi connectivity index (χ4v) is 5.90. The number of unbranched alkanes of at least 4 members (excludes halogenated alkanes) is 3. The zero-order chi connectivity index (χ0) is 13.9. The molecule has 0 spiro atoms. The fraction of sp³-hybridized carbons (Fsp3) is 1.00. The van der Waals surface area contributed by atoms with Crippen LogP contribution < -0.4 is 0 Å². The fourth-order valence-electron chi connectivity index (χ4n) is 2.32. The molecule has 2 unspecified atom stereocenters. The molecule has 110 valence electrons. The highest BCUT2D eigenvalue weighted by atomic mass is 28.4. The van der Waals surface area contributed by atoms with Crippen LogP contribution in [0.5, 0.6) is 0 Å². The van der Waals surface area contributed by atoms with Crippen molar-refractivity contribution >= 4 is 8.56 Å². The molecule has 0 aromatic carbocycles. The van der Waals surface area contributed by atoms with Gasteiger partial charge in [0.25, 0.3) is 0 Å². The Hall–Kier alpha value is 0.137. The summed E-state index contributed by atoms with van der Waals surface area (Å²) < 4.78 is 12.1. The molecule has 0 aromatic rings. The van der Waals surface area contributed by atoms with E-state index in [0.29, 0.717) is 0 Å². The van der Waals surface area contributed by atoms with Gasteiger partial charge in [0, 0.05) is 13.7 Å². The van der Waals surface area contributed by atoms with Crippen LogP contribution in [0.25, 0.3) is 0 Å². The first-order valence-corrected chi connectivity index (χ1v) is 10.1. The molecule has 18 heavy (non-hydrogen) atoms. The monoisotopic (exact) mass is 274 g/mol. The van der Waals surface area contributed by atoms with E-state index in [0.717, 1.165) is 24.6 Å². The van der Waals surface area contributed by atoms with Gasteiger partial charge in [-0.15, -0.1) is 0 Å². The van der Waals surface area contributed by atoms with Gasteiger partial charge in [0.1, 0.15) is 0 Å². The Bertz CT molecular complexity index is 187. The van der Waals surface area contributed by atoms with Crippen molar-refractivity contribution in [2.75, 3.05) is 13.7 Å². The molecule has 0 N–H and O–H groups in total. The Balaban J connectivity index is 4.18. The van der Waals surface area contributed by atoms with Crippen molar-refractivity contribution in [1.29, 1.82) is 0 Å². The van der Waals surface area contributed by atoms with E-state index >= 15 is 0 Å². The Morgan fingerprint density at radius 3 is 2.22 bits per heavy atom. The average molecular weight is 275 g/mol. The summed E-state index contributed by atoms with van der Waals surface area (Å²) in [6.45, 7) is 9.95. The van der Waals surface area contributed by atoms with Gasteiger partial charge in [-0.05, 0) is 24.4 Å². The average Bonchev–Trinajstić information content (AvgIpc) is 2.38. The van der Waals surface area contributed by atoms with Crippen LogP contribution in [-0.2, 0) is 8.85 Å². The minimum Gasteiger partial charge on any atom is -0.398 e. The Labute approximate surface area is 116 Å². The van der Waals surface area contributed by atoms with Crippen molar-refractivity contribution in [3.63, 3.8) is 0 Å². The summed E-state index contributed by atoms with van der Waals surface area (Å²) in [5.41, 5.74) is 0. The van der Waals surface area contributed by atoms with Crippen molar-refractivity contribution in [3.8, 4) is 0 Å². The standard InChI is InChI=1S/C15H34O2Si/c1-6-9-10-11-12-17-18(16-5,13-7-2)14-15(4)8-3/h15H,6-14H2,1-5H3.